The van der Waals surface area contributed by atoms with Gasteiger partial charge in [-0.05, 0) is 56.3 Å². The van der Waals surface area contributed by atoms with Crippen LogP contribution in [0, 0.1) is 5.82 Å². The van der Waals surface area contributed by atoms with Crippen molar-refractivity contribution in [2.45, 2.75) is 51.2 Å². The van der Waals surface area contributed by atoms with Crippen LogP contribution in [0.3, 0.4) is 0 Å². The van der Waals surface area contributed by atoms with Gasteiger partial charge in [-0.1, -0.05) is 19.1 Å². The lowest BCUT2D eigenvalue weighted by molar-refractivity contribution is 0.00856. The summed E-state index contributed by atoms with van der Waals surface area (Å²) in [5, 5.41) is 3.48. The Bertz CT molecular complexity index is 360. The smallest absolute Gasteiger partial charge is 0.123 e. The highest BCUT2D eigenvalue weighted by atomic mass is 19.1. The first-order valence-electron chi connectivity index (χ1n) is 7.40. The van der Waals surface area contributed by atoms with Gasteiger partial charge >= 0.3 is 0 Å². The normalized spacial score (nSPS) is 21.3. The number of ether oxygens (including phenoxy) is 1. The summed E-state index contributed by atoms with van der Waals surface area (Å²) < 4.78 is 18.7. The first-order valence-corrected chi connectivity index (χ1v) is 7.40. The maximum absolute atomic E-state index is 13.0. The molecule has 1 N–H and O–H groups in total. The lowest BCUT2D eigenvalue weighted by Gasteiger charge is -2.25. The minimum absolute atomic E-state index is 0.172. The highest BCUT2D eigenvalue weighted by molar-refractivity contribution is 5.19. The van der Waals surface area contributed by atoms with Gasteiger partial charge < -0.3 is 10.1 Å². The van der Waals surface area contributed by atoms with E-state index in [2.05, 4.69) is 12.2 Å². The molecule has 0 bridgehead atoms. The standard InChI is InChI=1S/C16H24FNO/c1-2-18-16(13-6-8-14(17)9-7-13)11-10-15-5-3-4-12-19-15/h6-9,15-16,18H,2-5,10-12H2,1H3. The lowest BCUT2D eigenvalue weighted by Crippen LogP contribution is -2.25. The van der Waals surface area contributed by atoms with Crippen LogP contribution in [0.5, 0.6) is 0 Å². The molecule has 0 radical (unpaired) electrons. The Morgan fingerprint density at radius 3 is 2.74 bits per heavy atom. The van der Waals surface area contributed by atoms with E-state index in [1.165, 1.54) is 37.0 Å². The van der Waals surface area contributed by atoms with E-state index in [4.69, 9.17) is 4.74 Å². The van der Waals surface area contributed by atoms with Gasteiger partial charge in [-0.15, -0.1) is 0 Å². The molecule has 1 aromatic rings. The van der Waals surface area contributed by atoms with Gasteiger partial charge in [-0.3, -0.25) is 0 Å². The summed E-state index contributed by atoms with van der Waals surface area (Å²) in [7, 11) is 0. The van der Waals surface area contributed by atoms with Gasteiger partial charge in [-0.25, -0.2) is 4.39 Å². The van der Waals surface area contributed by atoms with Gasteiger partial charge in [0, 0.05) is 12.6 Å². The molecule has 1 saturated heterocycles. The zero-order chi connectivity index (χ0) is 13.5. The summed E-state index contributed by atoms with van der Waals surface area (Å²) in [6.45, 7) is 3.94. The summed E-state index contributed by atoms with van der Waals surface area (Å²) in [6, 6.07) is 7.14. The molecule has 1 aliphatic heterocycles. The van der Waals surface area contributed by atoms with Crippen molar-refractivity contribution in [1.29, 1.82) is 0 Å². The summed E-state index contributed by atoms with van der Waals surface area (Å²) in [6.07, 6.45) is 6.20. The fourth-order valence-electron chi connectivity index (χ4n) is 2.72. The van der Waals surface area contributed by atoms with Gasteiger partial charge in [0.2, 0.25) is 0 Å². The number of hydrogen-bond donors (Lipinski definition) is 1. The highest BCUT2D eigenvalue weighted by Gasteiger charge is 2.17. The van der Waals surface area contributed by atoms with E-state index < -0.39 is 0 Å². The molecule has 2 rings (SSSR count). The molecule has 2 unspecified atom stereocenters. The number of hydrogen-bond acceptors (Lipinski definition) is 2. The van der Waals surface area contributed by atoms with Crippen molar-refractivity contribution < 1.29 is 9.13 Å². The van der Waals surface area contributed by atoms with Gasteiger partial charge in [0.05, 0.1) is 6.10 Å². The first-order chi connectivity index (χ1) is 9.29. The van der Waals surface area contributed by atoms with E-state index in [0.29, 0.717) is 12.1 Å². The molecule has 3 heteroatoms. The molecule has 19 heavy (non-hydrogen) atoms. The van der Waals surface area contributed by atoms with Crippen molar-refractivity contribution in [2.24, 2.45) is 0 Å². The maximum atomic E-state index is 13.0. The number of nitrogens with one attached hydrogen (secondary N) is 1. The minimum Gasteiger partial charge on any atom is -0.378 e. The molecule has 1 fully saturated rings. The van der Waals surface area contributed by atoms with Crippen molar-refractivity contribution in [3.05, 3.63) is 35.6 Å². The molecule has 0 amide bonds. The maximum Gasteiger partial charge on any atom is 0.123 e. The number of halogens is 1. The van der Waals surface area contributed by atoms with E-state index in [1.54, 1.807) is 0 Å². The Balaban J connectivity index is 1.89. The SMILES string of the molecule is CCNC(CCC1CCCCO1)c1ccc(F)cc1. The molecule has 1 heterocycles. The van der Waals surface area contributed by atoms with E-state index in [-0.39, 0.29) is 5.82 Å². The summed E-state index contributed by atoms with van der Waals surface area (Å²) in [5.74, 6) is -0.172. The minimum atomic E-state index is -0.172. The van der Waals surface area contributed by atoms with Crippen molar-refractivity contribution in [3.63, 3.8) is 0 Å². The summed E-state index contributed by atoms with van der Waals surface area (Å²) >= 11 is 0. The van der Waals surface area contributed by atoms with Crippen LogP contribution in [0.4, 0.5) is 4.39 Å². The molecule has 0 saturated carbocycles. The van der Waals surface area contributed by atoms with Crippen molar-refractivity contribution in [2.75, 3.05) is 13.2 Å². The fourth-order valence-corrected chi connectivity index (χ4v) is 2.72. The average Bonchev–Trinajstić information content (AvgIpc) is 2.46. The average molecular weight is 265 g/mol. The molecule has 0 aromatic heterocycles. The third-order valence-corrected chi connectivity index (χ3v) is 3.77. The molecular formula is C16H24FNO. The molecule has 2 nitrogen and oxygen atoms in total. The Morgan fingerprint density at radius 2 is 2.11 bits per heavy atom. The van der Waals surface area contributed by atoms with Gasteiger partial charge in [0.25, 0.3) is 0 Å². The third kappa shape index (κ3) is 4.59. The number of rotatable bonds is 6. The Morgan fingerprint density at radius 1 is 1.32 bits per heavy atom. The quantitative estimate of drug-likeness (QED) is 0.844. The summed E-state index contributed by atoms with van der Waals surface area (Å²) in [4.78, 5) is 0. The van der Waals surface area contributed by atoms with Crippen LogP contribution in [0.1, 0.15) is 50.6 Å². The zero-order valence-electron chi connectivity index (χ0n) is 11.7. The molecule has 2 atom stereocenters. The Labute approximate surface area is 115 Å². The van der Waals surface area contributed by atoms with Crippen LogP contribution in [0.25, 0.3) is 0 Å². The van der Waals surface area contributed by atoms with Gasteiger partial charge in [0.15, 0.2) is 0 Å². The Hall–Kier alpha value is -0.930. The van der Waals surface area contributed by atoms with E-state index in [1.807, 2.05) is 12.1 Å². The monoisotopic (exact) mass is 265 g/mol. The molecule has 1 aromatic carbocycles. The predicted molar refractivity (Wildman–Crippen MR) is 75.6 cm³/mol. The van der Waals surface area contributed by atoms with Crippen molar-refractivity contribution in [1.82, 2.24) is 5.32 Å². The van der Waals surface area contributed by atoms with E-state index in [9.17, 15) is 4.39 Å². The van der Waals surface area contributed by atoms with Crippen LogP contribution in [0.15, 0.2) is 24.3 Å². The van der Waals surface area contributed by atoms with Crippen LogP contribution in [0.2, 0.25) is 0 Å². The predicted octanol–water partition coefficient (Wildman–Crippen LogP) is 3.83. The van der Waals surface area contributed by atoms with Crippen LogP contribution < -0.4 is 5.32 Å². The lowest BCUT2D eigenvalue weighted by atomic mass is 9.97. The topological polar surface area (TPSA) is 21.3 Å². The fraction of sp³-hybridized carbons (Fsp3) is 0.625. The van der Waals surface area contributed by atoms with Crippen molar-refractivity contribution in [3.8, 4) is 0 Å². The van der Waals surface area contributed by atoms with Crippen LogP contribution in [-0.4, -0.2) is 19.3 Å². The summed E-state index contributed by atoms with van der Waals surface area (Å²) in [5.41, 5.74) is 1.17. The second kappa shape index (κ2) is 7.61. The number of benzene rings is 1. The van der Waals surface area contributed by atoms with E-state index >= 15 is 0 Å². The first kappa shape index (κ1) is 14.5. The highest BCUT2D eigenvalue weighted by Crippen LogP contribution is 2.24. The second-order valence-corrected chi connectivity index (χ2v) is 5.23. The zero-order valence-corrected chi connectivity index (χ0v) is 11.7. The Kier molecular flexibility index (Phi) is 5.80. The van der Waals surface area contributed by atoms with Crippen molar-refractivity contribution >= 4 is 0 Å². The van der Waals surface area contributed by atoms with Crippen LogP contribution in [-0.2, 0) is 4.74 Å². The van der Waals surface area contributed by atoms with Gasteiger partial charge in [-0.2, -0.15) is 0 Å². The third-order valence-electron chi connectivity index (χ3n) is 3.77. The molecule has 0 spiro atoms. The van der Waals surface area contributed by atoms with Gasteiger partial charge in [0.1, 0.15) is 5.82 Å². The molecule has 0 aliphatic carbocycles. The molecular weight excluding hydrogens is 241 g/mol. The molecule has 106 valence electrons. The second-order valence-electron chi connectivity index (χ2n) is 5.23. The largest absolute Gasteiger partial charge is 0.378 e. The van der Waals surface area contributed by atoms with Crippen LogP contribution >= 0.6 is 0 Å². The molecule has 1 aliphatic rings. The van der Waals surface area contributed by atoms with E-state index in [0.717, 1.165) is 26.0 Å².